The number of likely N-dealkylation sites (tertiary alicyclic amines) is 1. The first-order valence-corrected chi connectivity index (χ1v) is 7.86. The molecule has 0 unspecified atom stereocenters. The van der Waals surface area contributed by atoms with Gasteiger partial charge in [0.15, 0.2) is 0 Å². The number of aryl methyl sites for hydroxylation is 2. The fraction of sp³-hybridized carbons (Fsp3) is 0.625. The lowest BCUT2D eigenvalue weighted by Crippen LogP contribution is -2.36. The number of aromatic nitrogens is 1. The molecule has 0 atom stereocenters. The second kappa shape index (κ2) is 6.02. The average Bonchev–Trinajstić information content (AvgIpc) is 2.48. The Hall–Kier alpha value is -1.62. The number of hydrogen-bond acceptors (Lipinski definition) is 4. The summed E-state index contributed by atoms with van der Waals surface area (Å²) < 4.78 is 6.10. The molecule has 1 saturated heterocycles. The molecule has 0 radical (unpaired) electrons. The minimum absolute atomic E-state index is 0.0544. The number of rotatable bonds is 3. The van der Waals surface area contributed by atoms with E-state index in [1.807, 2.05) is 6.07 Å². The number of fused-ring (bicyclic) bond motifs is 1. The topological polar surface area (TPSA) is 75.2 Å². The van der Waals surface area contributed by atoms with Crippen LogP contribution < -0.4 is 10.5 Å². The smallest absolute Gasteiger partial charge is 0.225 e. The van der Waals surface area contributed by atoms with E-state index in [1.165, 1.54) is 18.4 Å². The highest BCUT2D eigenvalue weighted by molar-refractivity contribution is 5.97. The van der Waals surface area contributed by atoms with E-state index < -0.39 is 0 Å². The molecule has 1 aliphatic carbocycles. The van der Waals surface area contributed by atoms with Crippen LogP contribution in [0.4, 0.5) is 0 Å². The van der Waals surface area contributed by atoms with Gasteiger partial charge in [-0.25, -0.2) is 4.98 Å². The first-order valence-electron chi connectivity index (χ1n) is 7.86. The predicted molar refractivity (Wildman–Crippen MR) is 83.0 cm³/mol. The Morgan fingerprint density at radius 3 is 2.76 bits per heavy atom. The van der Waals surface area contributed by atoms with E-state index in [2.05, 4.69) is 11.9 Å². The van der Waals surface area contributed by atoms with E-state index in [-0.39, 0.29) is 11.9 Å². The number of nitrogens with two attached hydrogens (primary N) is 1. The van der Waals surface area contributed by atoms with Gasteiger partial charge < -0.3 is 15.4 Å². The van der Waals surface area contributed by atoms with Crippen LogP contribution in [0.15, 0.2) is 6.07 Å². The zero-order valence-corrected chi connectivity index (χ0v) is 12.7. The zero-order chi connectivity index (χ0) is 14.8. The van der Waals surface area contributed by atoms with Crippen LogP contribution in [-0.2, 0) is 12.8 Å². The molecule has 0 spiro atoms. The number of nitrogens with one attached hydrogen (secondary N) is 1. The normalized spacial score (nSPS) is 20.0. The Bertz CT molecular complexity index is 535. The molecule has 1 aromatic rings. The number of hydrogen-bond donors (Lipinski definition) is 2. The molecule has 1 fully saturated rings. The molecule has 0 saturated carbocycles. The molecule has 21 heavy (non-hydrogen) atoms. The molecule has 0 bridgehead atoms. The fourth-order valence-corrected chi connectivity index (χ4v) is 3.16. The summed E-state index contributed by atoms with van der Waals surface area (Å²) >= 11 is 0. The zero-order valence-electron chi connectivity index (χ0n) is 12.7. The van der Waals surface area contributed by atoms with Gasteiger partial charge in [-0.15, -0.1) is 0 Å². The monoisotopic (exact) mass is 288 g/mol. The lowest BCUT2D eigenvalue weighted by Gasteiger charge is -2.30. The maximum atomic E-state index is 7.79. The van der Waals surface area contributed by atoms with Crippen molar-refractivity contribution in [1.29, 1.82) is 5.41 Å². The molecule has 0 amide bonds. The number of ether oxygens (including phenoxy) is 1. The number of nitrogens with zero attached hydrogens (tertiary/aromatic N) is 2. The standard InChI is InChI=1S/C16H24N4O/c1-20-8-6-12(7-9-20)21-16-13(15(17)18)10-11-4-2-3-5-14(11)19-16/h10,12H,2-9H2,1H3,(H3,17,18). The molecular formula is C16H24N4O. The molecule has 0 aromatic carbocycles. The summed E-state index contributed by atoms with van der Waals surface area (Å²) in [7, 11) is 2.13. The first-order chi connectivity index (χ1) is 10.1. The highest BCUT2D eigenvalue weighted by Gasteiger charge is 2.22. The maximum absolute atomic E-state index is 7.79. The van der Waals surface area contributed by atoms with Crippen LogP contribution >= 0.6 is 0 Å². The number of nitrogen functional groups attached to an aromatic ring is 1. The van der Waals surface area contributed by atoms with Gasteiger partial charge in [-0.05, 0) is 57.2 Å². The van der Waals surface area contributed by atoms with Crippen LogP contribution in [0.3, 0.4) is 0 Å². The van der Waals surface area contributed by atoms with Gasteiger partial charge in [0.25, 0.3) is 0 Å². The van der Waals surface area contributed by atoms with Crippen molar-refractivity contribution >= 4 is 5.84 Å². The largest absolute Gasteiger partial charge is 0.474 e. The van der Waals surface area contributed by atoms with Crippen molar-refractivity contribution in [2.45, 2.75) is 44.6 Å². The number of amidine groups is 1. The van der Waals surface area contributed by atoms with Gasteiger partial charge in [0.1, 0.15) is 11.9 Å². The van der Waals surface area contributed by atoms with Crippen molar-refractivity contribution in [3.8, 4) is 5.88 Å². The molecule has 114 valence electrons. The third-order valence-electron chi connectivity index (χ3n) is 4.50. The van der Waals surface area contributed by atoms with Gasteiger partial charge in [0.2, 0.25) is 5.88 Å². The van der Waals surface area contributed by atoms with E-state index >= 15 is 0 Å². The van der Waals surface area contributed by atoms with E-state index in [1.54, 1.807) is 0 Å². The molecule has 1 aromatic heterocycles. The first kappa shape index (κ1) is 14.3. The quantitative estimate of drug-likeness (QED) is 0.656. The summed E-state index contributed by atoms with van der Waals surface area (Å²) in [6.45, 7) is 2.09. The Kier molecular flexibility index (Phi) is 4.10. The Morgan fingerprint density at radius 2 is 2.05 bits per heavy atom. The van der Waals surface area contributed by atoms with Crippen LogP contribution in [0.2, 0.25) is 0 Å². The van der Waals surface area contributed by atoms with Crippen molar-refractivity contribution < 1.29 is 4.74 Å². The van der Waals surface area contributed by atoms with Gasteiger partial charge >= 0.3 is 0 Å². The molecule has 5 nitrogen and oxygen atoms in total. The number of piperidine rings is 1. The third kappa shape index (κ3) is 3.18. The van der Waals surface area contributed by atoms with Gasteiger partial charge in [-0.1, -0.05) is 0 Å². The van der Waals surface area contributed by atoms with Crippen LogP contribution in [0, 0.1) is 5.41 Å². The SMILES string of the molecule is CN1CCC(Oc2nc3c(cc2C(=N)N)CCCC3)CC1. The van der Waals surface area contributed by atoms with Gasteiger partial charge in [-0.3, -0.25) is 5.41 Å². The molecule has 2 heterocycles. The lowest BCUT2D eigenvalue weighted by molar-refractivity contribution is 0.109. The predicted octanol–water partition coefficient (Wildman–Crippen LogP) is 1.72. The second-order valence-corrected chi connectivity index (χ2v) is 6.19. The minimum Gasteiger partial charge on any atom is -0.474 e. The van der Waals surface area contributed by atoms with Crippen LogP contribution in [0.5, 0.6) is 5.88 Å². The van der Waals surface area contributed by atoms with Gasteiger partial charge in [0.05, 0.1) is 5.56 Å². The van der Waals surface area contributed by atoms with Crippen LogP contribution in [0.1, 0.15) is 42.5 Å². The maximum Gasteiger partial charge on any atom is 0.225 e. The van der Waals surface area contributed by atoms with Gasteiger partial charge in [-0.2, -0.15) is 0 Å². The van der Waals surface area contributed by atoms with Crippen molar-refractivity contribution in [3.63, 3.8) is 0 Å². The summed E-state index contributed by atoms with van der Waals surface area (Å²) in [5.74, 6) is 0.622. The van der Waals surface area contributed by atoms with Crippen molar-refractivity contribution in [1.82, 2.24) is 9.88 Å². The highest BCUT2D eigenvalue weighted by atomic mass is 16.5. The van der Waals surface area contributed by atoms with Crippen molar-refractivity contribution in [3.05, 3.63) is 22.9 Å². The Balaban J connectivity index is 1.84. The van der Waals surface area contributed by atoms with Crippen LogP contribution in [-0.4, -0.2) is 42.0 Å². The molecule has 3 N–H and O–H groups in total. The van der Waals surface area contributed by atoms with E-state index in [0.29, 0.717) is 11.4 Å². The van der Waals surface area contributed by atoms with E-state index in [4.69, 9.17) is 20.9 Å². The van der Waals surface area contributed by atoms with Crippen LogP contribution in [0.25, 0.3) is 0 Å². The summed E-state index contributed by atoms with van der Waals surface area (Å²) in [5, 5.41) is 7.79. The fourth-order valence-electron chi connectivity index (χ4n) is 3.16. The molecule has 3 rings (SSSR count). The van der Waals surface area contributed by atoms with Gasteiger partial charge in [0, 0.05) is 18.8 Å². The Labute approximate surface area is 126 Å². The number of pyridine rings is 1. The van der Waals surface area contributed by atoms with Crippen molar-refractivity contribution in [2.24, 2.45) is 5.73 Å². The summed E-state index contributed by atoms with van der Waals surface area (Å²) in [4.78, 5) is 7.00. The minimum atomic E-state index is 0.0544. The second-order valence-electron chi connectivity index (χ2n) is 6.19. The molecular weight excluding hydrogens is 264 g/mol. The molecule has 1 aliphatic heterocycles. The Morgan fingerprint density at radius 1 is 1.33 bits per heavy atom. The van der Waals surface area contributed by atoms with Crippen molar-refractivity contribution in [2.75, 3.05) is 20.1 Å². The highest BCUT2D eigenvalue weighted by Crippen LogP contribution is 2.27. The third-order valence-corrected chi connectivity index (χ3v) is 4.50. The summed E-state index contributed by atoms with van der Waals surface area (Å²) in [6, 6.07) is 2.02. The van der Waals surface area contributed by atoms with E-state index in [9.17, 15) is 0 Å². The summed E-state index contributed by atoms with van der Waals surface area (Å²) in [5.41, 5.74) is 8.76. The molecule has 2 aliphatic rings. The van der Waals surface area contributed by atoms with E-state index in [0.717, 1.165) is 44.5 Å². The molecule has 5 heteroatoms. The average molecular weight is 288 g/mol. The summed E-state index contributed by atoms with van der Waals surface area (Å²) in [6.07, 6.45) is 6.63. The lowest BCUT2D eigenvalue weighted by atomic mass is 9.94.